The van der Waals surface area contributed by atoms with Crippen LogP contribution in [-0.2, 0) is 6.42 Å². The Morgan fingerprint density at radius 2 is 1.07 bits per heavy atom. The molecule has 4 heteroatoms. The van der Waals surface area contributed by atoms with Crippen LogP contribution in [0.4, 0.5) is 13.2 Å². The molecule has 0 aliphatic heterocycles. The summed E-state index contributed by atoms with van der Waals surface area (Å²) in [5.74, 6) is -0.215. The summed E-state index contributed by atoms with van der Waals surface area (Å²) < 4.78 is 40.7. The van der Waals surface area contributed by atoms with Gasteiger partial charge in [-0.05, 0) is 52.8 Å². The molecule has 0 heterocycles. The topological polar surface area (TPSA) is 9.23 Å². The van der Waals surface area contributed by atoms with E-state index in [1.807, 2.05) is 24.3 Å². The molecule has 152 valence electrons. The van der Waals surface area contributed by atoms with Crippen molar-refractivity contribution < 1.29 is 17.9 Å². The molecule has 0 saturated heterocycles. The highest BCUT2D eigenvalue weighted by molar-refractivity contribution is 5.70. The lowest BCUT2D eigenvalue weighted by atomic mass is 9.98. The van der Waals surface area contributed by atoms with E-state index in [0.29, 0.717) is 0 Å². The van der Waals surface area contributed by atoms with Crippen LogP contribution in [0, 0.1) is 0 Å². The molecule has 3 aromatic carbocycles. The third-order valence-corrected chi connectivity index (χ3v) is 4.91. The van der Waals surface area contributed by atoms with Gasteiger partial charge in [0, 0.05) is 0 Å². The Balaban J connectivity index is 1.64. The van der Waals surface area contributed by atoms with Crippen LogP contribution in [0.1, 0.15) is 38.2 Å². The zero-order valence-electron chi connectivity index (χ0n) is 16.5. The van der Waals surface area contributed by atoms with Crippen LogP contribution in [0.25, 0.3) is 22.3 Å². The summed E-state index contributed by atoms with van der Waals surface area (Å²) in [7, 11) is 0. The van der Waals surface area contributed by atoms with E-state index in [1.54, 1.807) is 12.1 Å². The number of hydrogen-bond acceptors (Lipinski definition) is 1. The van der Waals surface area contributed by atoms with E-state index in [-0.39, 0.29) is 5.75 Å². The Labute approximate surface area is 170 Å². The van der Waals surface area contributed by atoms with Gasteiger partial charge in [-0.15, -0.1) is 13.2 Å². The van der Waals surface area contributed by atoms with Crippen LogP contribution < -0.4 is 4.74 Å². The van der Waals surface area contributed by atoms with Gasteiger partial charge in [0.2, 0.25) is 0 Å². The molecule has 0 saturated carbocycles. The number of halogens is 3. The molecule has 0 unspecified atom stereocenters. The third-order valence-electron chi connectivity index (χ3n) is 4.91. The smallest absolute Gasteiger partial charge is 0.406 e. The van der Waals surface area contributed by atoms with E-state index in [2.05, 4.69) is 35.9 Å². The molecule has 0 spiro atoms. The minimum Gasteiger partial charge on any atom is -0.406 e. The van der Waals surface area contributed by atoms with Gasteiger partial charge in [-0.25, -0.2) is 0 Å². The highest BCUT2D eigenvalue weighted by Gasteiger charge is 2.30. The lowest BCUT2D eigenvalue weighted by Gasteiger charge is -2.10. The minimum absolute atomic E-state index is 0.215. The summed E-state index contributed by atoms with van der Waals surface area (Å²) in [5.41, 5.74) is 5.42. The summed E-state index contributed by atoms with van der Waals surface area (Å²) in [5, 5.41) is 0. The van der Waals surface area contributed by atoms with Crippen molar-refractivity contribution in [1.29, 1.82) is 0 Å². The first-order valence-corrected chi connectivity index (χ1v) is 10.00. The Morgan fingerprint density at radius 1 is 0.621 bits per heavy atom. The fraction of sp³-hybridized carbons (Fsp3) is 0.280. The molecule has 0 fully saturated rings. The summed E-state index contributed by atoms with van der Waals surface area (Å²) in [6.07, 6.45) is 1.50. The van der Waals surface area contributed by atoms with Gasteiger partial charge in [-0.1, -0.05) is 86.8 Å². The van der Waals surface area contributed by atoms with Crippen molar-refractivity contribution in [3.05, 3.63) is 78.4 Å². The molecular weight excluding hydrogens is 373 g/mol. The summed E-state index contributed by atoms with van der Waals surface area (Å²) in [6.45, 7) is 2.22. The Kier molecular flexibility index (Phi) is 6.97. The highest BCUT2D eigenvalue weighted by atomic mass is 19.4. The van der Waals surface area contributed by atoms with E-state index < -0.39 is 6.36 Å². The Bertz CT molecular complexity index is 879. The number of ether oxygens (including phenoxy) is 1. The number of rotatable bonds is 8. The van der Waals surface area contributed by atoms with E-state index in [0.717, 1.165) is 28.7 Å². The van der Waals surface area contributed by atoms with Gasteiger partial charge in [-0.3, -0.25) is 0 Å². The fourth-order valence-corrected chi connectivity index (χ4v) is 3.32. The number of alkyl halides is 3. The van der Waals surface area contributed by atoms with Crippen molar-refractivity contribution in [1.82, 2.24) is 0 Å². The maximum absolute atomic E-state index is 12.3. The van der Waals surface area contributed by atoms with Crippen molar-refractivity contribution in [2.24, 2.45) is 0 Å². The Hall–Kier alpha value is -2.75. The molecule has 29 heavy (non-hydrogen) atoms. The zero-order valence-corrected chi connectivity index (χ0v) is 16.5. The van der Waals surface area contributed by atoms with Crippen molar-refractivity contribution in [3.8, 4) is 28.0 Å². The number of unbranched alkanes of at least 4 members (excludes halogenated alkanes) is 3. The predicted octanol–water partition coefficient (Wildman–Crippen LogP) is 8.04. The van der Waals surface area contributed by atoms with E-state index >= 15 is 0 Å². The van der Waals surface area contributed by atoms with Crippen molar-refractivity contribution in [2.45, 2.75) is 45.4 Å². The lowest BCUT2D eigenvalue weighted by molar-refractivity contribution is -0.274. The largest absolute Gasteiger partial charge is 0.573 e. The second-order valence-electron chi connectivity index (χ2n) is 7.16. The Morgan fingerprint density at radius 3 is 1.52 bits per heavy atom. The summed E-state index contributed by atoms with van der Waals surface area (Å²) in [4.78, 5) is 0. The second-order valence-corrected chi connectivity index (χ2v) is 7.16. The molecule has 3 rings (SSSR count). The first-order chi connectivity index (χ1) is 13.9. The van der Waals surface area contributed by atoms with Gasteiger partial charge < -0.3 is 4.74 Å². The lowest BCUT2D eigenvalue weighted by Crippen LogP contribution is -2.16. The van der Waals surface area contributed by atoms with Crippen LogP contribution in [0.5, 0.6) is 5.75 Å². The first kappa shape index (κ1) is 21.0. The molecule has 0 N–H and O–H groups in total. The third kappa shape index (κ3) is 6.38. The van der Waals surface area contributed by atoms with Crippen LogP contribution in [0.2, 0.25) is 0 Å². The van der Waals surface area contributed by atoms with Crippen LogP contribution >= 0.6 is 0 Å². The maximum atomic E-state index is 12.3. The van der Waals surface area contributed by atoms with Crippen molar-refractivity contribution in [3.63, 3.8) is 0 Å². The van der Waals surface area contributed by atoms with Crippen molar-refractivity contribution in [2.75, 3.05) is 0 Å². The molecule has 0 bridgehead atoms. The molecule has 0 atom stereocenters. The molecular formula is C25H25F3O. The predicted molar refractivity (Wildman–Crippen MR) is 112 cm³/mol. The van der Waals surface area contributed by atoms with Gasteiger partial charge in [0.15, 0.2) is 0 Å². The van der Waals surface area contributed by atoms with E-state index in [1.165, 1.54) is 43.4 Å². The average Bonchev–Trinajstić information content (AvgIpc) is 2.71. The number of benzene rings is 3. The SMILES string of the molecule is CCCCCCc1ccc(-c2ccc(-c3ccc(OC(F)(F)F)cc3)cc2)cc1. The summed E-state index contributed by atoms with van der Waals surface area (Å²) in [6, 6.07) is 22.6. The number of hydrogen-bond donors (Lipinski definition) is 0. The van der Waals surface area contributed by atoms with Crippen LogP contribution in [0.15, 0.2) is 72.8 Å². The molecule has 0 amide bonds. The molecule has 0 aromatic heterocycles. The van der Waals surface area contributed by atoms with Gasteiger partial charge >= 0.3 is 6.36 Å². The minimum atomic E-state index is -4.67. The van der Waals surface area contributed by atoms with Gasteiger partial charge in [0.05, 0.1) is 0 Å². The average molecular weight is 398 g/mol. The number of aryl methyl sites for hydroxylation is 1. The van der Waals surface area contributed by atoms with Gasteiger partial charge in [0.1, 0.15) is 5.75 Å². The second kappa shape index (κ2) is 9.64. The van der Waals surface area contributed by atoms with Gasteiger partial charge in [-0.2, -0.15) is 0 Å². The van der Waals surface area contributed by atoms with E-state index in [4.69, 9.17) is 0 Å². The highest BCUT2D eigenvalue weighted by Crippen LogP contribution is 2.28. The van der Waals surface area contributed by atoms with E-state index in [9.17, 15) is 13.2 Å². The molecule has 1 nitrogen and oxygen atoms in total. The normalized spacial score (nSPS) is 11.4. The molecule has 3 aromatic rings. The molecule has 0 aliphatic carbocycles. The zero-order chi connectivity index (χ0) is 20.7. The van der Waals surface area contributed by atoms with Crippen LogP contribution in [-0.4, -0.2) is 6.36 Å². The fourth-order valence-electron chi connectivity index (χ4n) is 3.32. The monoisotopic (exact) mass is 398 g/mol. The van der Waals surface area contributed by atoms with Crippen LogP contribution in [0.3, 0.4) is 0 Å². The maximum Gasteiger partial charge on any atom is 0.573 e. The standard InChI is InChI=1S/C25H25F3O/c1-2-3-4-5-6-19-7-9-20(10-8-19)21-11-13-22(14-12-21)23-15-17-24(18-16-23)29-25(26,27)28/h7-18H,2-6H2,1H3. The molecule has 0 radical (unpaired) electrons. The van der Waals surface area contributed by atoms with Gasteiger partial charge in [0.25, 0.3) is 0 Å². The quantitative estimate of drug-likeness (QED) is 0.349. The summed E-state index contributed by atoms with van der Waals surface area (Å²) >= 11 is 0. The first-order valence-electron chi connectivity index (χ1n) is 10.00. The van der Waals surface area contributed by atoms with Crippen molar-refractivity contribution >= 4 is 0 Å². The molecule has 0 aliphatic rings.